The standard InChI is InChI=1S/C43H67N5O11.CH4/c1-29(2)12-13-35-42(5,59-35)38-37(54-6)34(14-16-43(38)28-57-43)58-41(53)47-20-23-56-25-24-55-22-19-45-36(50)15-17-44-32(26-30(3)4)40(52)48-33(39(51)46-18-21-49)27-31-10-8-7-9-11-31;/h7-12,21,30,32-35,37-38,44H,13-20,22-28H2,1-6H3,(H,45,50)(H,46,51)(H,47,53)(H,48,52);1H4/t32-,33-,34?,35+,37?,38?,42-,43-;/m0./s1. The molecule has 5 N–H and O–H groups in total. The number of hydrogen-bond donors (Lipinski definition) is 5. The van der Waals surface area contributed by atoms with Crippen LogP contribution in [0.5, 0.6) is 0 Å². The van der Waals surface area contributed by atoms with Crippen molar-refractivity contribution in [1.29, 1.82) is 0 Å². The summed E-state index contributed by atoms with van der Waals surface area (Å²) < 4.78 is 35.2. The second-order valence-electron chi connectivity index (χ2n) is 16.4. The fourth-order valence-electron chi connectivity index (χ4n) is 7.86. The first-order chi connectivity index (χ1) is 28.3. The number of hydrogen-bond acceptors (Lipinski definition) is 12. The molecular formula is C44H71N5O11. The number of epoxide rings is 2. The molecule has 1 aliphatic carbocycles. The van der Waals surface area contributed by atoms with Crippen molar-refractivity contribution in [2.45, 2.75) is 122 Å². The molecule has 1 saturated carbocycles. The molecule has 4 amide bonds. The molecule has 16 heteroatoms. The van der Waals surface area contributed by atoms with E-state index in [0.29, 0.717) is 45.5 Å². The smallest absolute Gasteiger partial charge is 0.407 e. The third kappa shape index (κ3) is 15.8. The van der Waals surface area contributed by atoms with E-state index in [9.17, 15) is 24.0 Å². The van der Waals surface area contributed by atoms with Crippen LogP contribution in [0.4, 0.5) is 4.79 Å². The maximum Gasteiger partial charge on any atom is 0.407 e. The predicted octanol–water partition coefficient (Wildman–Crippen LogP) is 3.01. The van der Waals surface area contributed by atoms with E-state index >= 15 is 0 Å². The minimum absolute atomic E-state index is 0. The Morgan fingerprint density at radius 1 is 0.933 bits per heavy atom. The molecule has 3 unspecified atom stereocenters. The van der Waals surface area contributed by atoms with Gasteiger partial charge in [-0.3, -0.25) is 14.4 Å². The number of aldehydes is 1. The van der Waals surface area contributed by atoms with Crippen LogP contribution in [-0.2, 0) is 54.0 Å². The summed E-state index contributed by atoms with van der Waals surface area (Å²) in [7, 11) is 1.65. The number of carbonyl (C=O) groups is 5. The van der Waals surface area contributed by atoms with Gasteiger partial charge in [0.1, 0.15) is 35.7 Å². The Morgan fingerprint density at radius 3 is 2.23 bits per heavy atom. The normalized spacial score (nSPS) is 24.9. The van der Waals surface area contributed by atoms with Crippen LogP contribution in [0.3, 0.4) is 0 Å². The first-order valence-corrected chi connectivity index (χ1v) is 21.0. The lowest BCUT2D eigenvalue weighted by molar-refractivity contribution is -0.130. The van der Waals surface area contributed by atoms with Gasteiger partial charge in [-0.2, -0.15) is 0 Å². The number of amides is 4. The number of carbonyl (C=O) groups excluding carboxylic acids is 5. The first-order valence-electron chi connectivity index (χ1n) is 21.0. The Morgan fingerprint density at radius 2 is 1.62 bits per heavy atom. The maximum absolute atomic E-state index is 13.3. The maximum atomic E-state index is 13.3. The van der Waals surface area contributed by atoms with Gasteiger partial charge < -0.3 is 59.8 Å². The summed E-state index contributed by atoms with van der Waals surface area (Å²) in [6, 6.07) is 7.80. The van der Waals surface area contributed by atoms with Crippen LogP contribution in [0.2, 0.25) is 0 Å². The Bertz CT molecular complexity index is 1540. The van der Waals surface area contributed by atoms with Crippen molar-refractivity contribution in [3.63, 3.8) is 0 Å². The van der Waals surface area contributed by atoms with Gasteiger partial charge in [-0.25, -0.2) is 4.79 Å². The van der Waals surface area contributed by atoms with Gasteiger partial charge in [-0.15, -0.1) is 0 Å². The molecule has 3 aliphatic rings. The van der Waals surface area contributed by atoms with E-state index in [2.05, 4.69) is 53.4 Å². The monoisotopic (exact) mass is 846 g/mol. The average Bonchev–Trinajstić information content (AvgIpc) is 4.13. The molecule has 338 valence electrons. The van der Waals surface area contributed by atoms with Gasteiger partial charge in [-0.1, -0.05) is 63.3 Å². The average molecular weight is 846 g/mol. The zero-order valence-corrected chi connectivity index (χ0v) is 35.7. The van der Waals surface area contributed by atoms with Crippen LogP contribution >= 0.6 is 0 Å². The van der Waals surface area contributed by atoms with Gasteiger partial charge in [0.25, 0.3) is 0 Å². The van der Waals surface area contributed by atoms with Crippen LogP contribution in [0.15, 0.2) is 42.0 Å². The number of methoxy groups -OCH3 is 1. The molecule has 0 radical (unpaired) electrons. The molecule has 2 heterocycles. The summed E-state index contributed by atoms with van der Waals surface area (Å²) in [6.07, 6.45) is 4.69. The van der Waals surface area contributed by atoms with Crippen molar-refractivity contribution >= 4 is 30.1 Å². The quantitative estimate of drug-likeness (QED) is 0.0375. The van der Waals surface area contributed by atoms with Crippen molar-refractivity contribution in [3.8, 4) is 0 Å². The fourth-order valence-corrected chi connectivity index (χ4v) is 7.86. The second-order valence-corrected chi connectivity index (χ2v) is 16.4. The minimum atomic E-state index is -0.871. The summed E-state index contributed by atoms with van der Waals surface area (Å²) in [6.45, 7) is 12.7. The molecule has 8 atom stereocenters. The number of ether oxygens (including phenoxy) is 6. The van der Waals surface area contributed by atoms with Crippen LogP contribution in [0.25, 0.3) is 0 Å². The van der Waals surface area contributed by atoms with E-state index in [-0.39, 0.29) is 94.6 Å². The Kier molecular flexibility index (Phi) is 21.1. The molecule has 1 spiro atoms. The molecule has 4 rings (SSSR count). The van der Waals surface area contributed by atoms with Crippen LogP contribution in [0, 0.1) is 11.8 Å². The molecule has 2 aliphatic heterocycles. The van der Waals surface area contributed by atoms with E-state index in [1.54, 1.807) is 7.11 Å². The largest absolute Gasteiger partial charge is 0.443 e. The van der Waals surface area contributed by atoms with Crippen LogP contribution < -0.4 is 26.6 Å². The summed E-state index contributed by atoms with van der Waals surface area (Å²) in [5, 5.41) is 14.1. The van der Waals surface area contributed by atoms with Gasteiger partial charge in [0.15, 0.2) is 0 Å². The number of alkyl carbamates (subject to hydrolysis) is 1. The Labute approximate surface area is 356 Å². The predicted molar refractivity (Wildman–Crippen MR) is 226 cm³/mol. The van der Waals surface area contributed by atoms with E-state index in [1.807, 2.05) is 44.2 Å². The summed E-state index contributed by atoms with van der Waals surface area (Å²) >= 11 is 0. The lowest BCUT2D eigenvalue weighted by Crippen LogP contribution is -2.56. The Balaban J connectivity index is 0.00000961. The lowest BCUT2D eigenvalue weighted by Gasteiger charge is -2.42. The fraction of sp³-hybridized carbons (Fsp3) is 0.705. The molecule has 3 fully saturated rings. The highest BCUT2D eigenvalue weighted by molar-refractivity contribution is 5.90. The van der Waals surface area contributed by atoms with Crippen LogP contribution in [0.1, 0.15) is 79.7 Å². The minimum Gasteiger partial charge on any atom is -0.443 e. The lowest BCUT2D eigenvalue weighted by atomic mass is 9.68. The number of rotatable bonds is 27. The van der Waals surface area contributed by atoms with Crippen molar-refractivity contribution in [1.82, 2.24) is 26.6 Å². The molecule has 60 heavy (non-hydrogen) atoms. The Hall–Kier alpha value is -3.93. The topological polar surface area (TPSA) is 207 Å². The van der Waals surface area contributed by atoms with E-state index in [0.717, 1.165) is 18.4 Å². The van der Waals surface area contributed by atoms with Crippen LogP contribution in [-0.4, -0.2) is 138 Å². The van der Waals surface area contributed by atoms with Crippen molar-refractivity contribution in [3.05, 3.63) is 47.5 Å². The molecule has 16 nitrogen and oxygen atoms in total. The number of benzene rings is 1. The van der Waals surface area contributed by atoms with E-state index in [1.165, 1.54) is 5.57 Å². The zero-order valence-electron chi connectivity index (χ0n) is 35.7. The molecule has 1 aromatic rings. The molecule has 0 aromatic heterocycles. The van der Waals surface area contributed by atoms with E-state index < -0.39 is 35.8 Å². The third-order valence-corrected chi connectivity index (χ3v) is 11.0. The van der Waals surface area contributed by atoms with Gasteiger partial charge in [0.2, 0.25) is 17.7 Å². The molecular weight excluding hydrogens is 775 g/mol. The number of nitrogens with one attached hydrogen (secondary N) is 5. The zero-order chi connectivity index (χ0) is 42.8. The molecule has 0 bridgehead atoms. The van der Waals surface area contributed by atoms with Gasteiger partial charge in [0.05, 0.1) is 57.6 Å². The summed E-state index contributed by atoms with van der Waals surface area (Å²) in [4.78, 5) is 62.1. The highest BCUT2D eigenvalue weighted by atomic mass is 16.6. The number of allylic oxidation sites excluding steroid dienone is 1. The van der Waals surface area contributed by atoms with Crippen molar-refractivity contribution in [2.75, 3.05) is 66.3 Å². The highest BCUT2D eigenvalue weighted by Gasteiger charge is 2.72. The van der Waals surface area contributed by atoms with Gasteiger partial charge >= 0.3 is 6.09 Å². The third-order valence-electron chi connectivity index (χ3n) is 11.0. The van der Waals surface area contributed by atoms with Gasteiger partial charge in [-0.05, 0) is 57.9 Å². The molecule has 2 saturated heterocycles. The SMILES string of the molecule is C.COC1C(OC(=O)NCCOCCOCCNC(=O)CCN[C@@H](CC(C)C)C(=O)N[C@@H](Cc2ccccc2)C(=O)NCC=O)CC[C@]2(CO2)C1[C@@]1(C)O[C@@H]1CC=C(C)C. The molecule has 1 aromatic carbocycles. The van der Waals surface area contributed by atoms with Crippen molar-refractivity contribution in [2.24, 2.45) is 11.8 Å². The van der Waals surface area contributed by atoms with Gasteiger partial charge in [0, 0.05) is 39.6 Å². The second kappa shape index (κ2) is 25.1. The first kappa shape index (κ1) is 50.4. The van der Waals surface area contributed by atoms with E-state index in [4.69, 9.17) is 28.4 Å². The summed E-state index contributed by atoms with van der Waals surface area (Å²) in [5.74, 6) is -0.881. The van der Waals surface area contributed by atoms with Crippen molar-refractivity contribution < 1.29 is 52.4 Å². The summed E-state index contributed by atoms with van der Waals surface area (Å²) in [5.41, 5.74) is 1.41. The highest BCUT2D eigenvalue weighted by Crippen LogP contribution is 2.59.